The quantitative estimate of drug-likeness (QED) is 0.568. The molecule has 3 aromatic rings. The van der Waals surface area contributed by atoms with Crippen LogP contribution in [0.1, 0.15) is 40.4 Å². The maximum Gasteiger partial charge on any atom is 0.265 e. The molecule has 0 aliphatic rings. The van der Waals surface area contributed by atoms with Crippen LogP contribution >= 0.6 is 0 Å². The number of amides is 2. The molecule has 0 bridgehead atoms. The van der Waals surface area contributed by atoms with E-state index in [-0.39, 0.29) is 11.8 Å². The maximum absolute atomic E-state index is 12.9. The first kappa shape index (κ1) is 22.0. The van der Waals surface area contributed by atoms with Crippen LogP contribution in [0.15, 0.2) is 67.0 Å². The summed E-state index contributed by atoms with van der Waals surface area (Å²) in [5.41, 5.74) is 3.87. The number of benzene rings is 2. The van der Waals surface area contributed by atoms with Gasteiger partial charge in [-0.1, -0.05) is 31.2 Å². The fraction of sp³-hybridized carbons (Fsp3) is 0.240. The monoisotopic (exact) mass is 417 g/mol. The average Bonchev–Trinajstić information content (AvgIpc) is 2.76. The van der Waals surface area contributed by atoms with Gasteiger partial charge in [0.05, 0.1) is 11.3 Å². The Morgan fingerprint density at radius 3 is 2.45 bits per heavy atom. The Hall–Kier alpha value is -3.67. The number of pyridine rings is 1. The summed E-state index contributed by atoms with van der Waals surface area (Å²) < 4.78 is 5.95. The van der Waals surface area contributed by atoms with Gasteiger partial charge in [-0.05, 0) is 67.3 Å². The van der Waals surface area contributed by atoms with Gasteiger partial charge in [0.15, 0.2) is 6.10 Å². The summed E-state index contributed by atoms with van der Waals surface area (Å²) in [6, 6.07) is 16.5. The van der Waals surface area contributed by atoms with Crippen LogP contribution in [0.3, 0.4) is 0 Å². The van der Waals surface area contributed by atoms with Crippen LogP contribution in [0.4, 0.5) is 5.69 Å². The Kier molecular flexibility index (Phi) is 7.38. The van der Waals surface area contributed by atoms with Crippen LogP contribution in [-0.2, 0) is 11.3 Å². The molecule has 2 aromatic carbocycles. The van der Waals surface area contributed by atoms with Crippen LogP contribution in [0.25, 0.3) is 0 Å². The van der Waals surface area contributed by atoms with Gasteiger partial charge in [-0.3, -0.25) is 14.6 Å². The van der Waals surface area contributed by atoms with Crippen molar-refractivity contribution in [2.24, 2.45) is 0 Å². The minimum absolute atomic E-state index is 0.275. The van der Waals surface area contributed by atoms with Crippen molar-refractivity contribution >= 4 is 17.5 Å². The maximum atomic E-state index is 12.9. The second kappa shape index (κ2) is 10.4. The highest BCUT2D eigenvalue weighted by molar-refractivity contribution is 6.04. The number of carbonyl (C=O) groups is 2. The molecule has 2 N–H and O–H groups in total. The molecule has 1 atom stereocenters. The Bertz CT molecular complexity index is 1030. The van der Waals surface area contributed by atoms with E-state index in [1.165, 1.54) is 0 Å². The number of rotatable bonds is 8. The molecule has 0 fully saturated rings. The van der Waals surface area contributed by atoms with E-state index < -0.39 is 6.10 Å². The minimum atomic E-state index is -0.673. The van der Waals surface area contributed by atoms with Gasteiger partial charge in [0, 0.05) is 18.9 Å². The number of nitrogens with zero attached hydrogens (tertiary/aromatic N) is 1. The number of carbonyl (C=O) groups excluding carboxylic acids is 2. The lowest BCUT2D eigenvalue weighted by Crippen LogP contribution is -2.33. The first-order valence-electron chi connectivity index (χ1n) is 10.3. The molecule has 2 amide bonds. The van der Waals surface area contributed by atoms with E-state index in [4.69, 9.17) is 4.74 Å². The molecule has 3 rings (SSSR count). The lowest BCUT2D eigenvalue weighted by Gasteiger charge is -2.19. The topological polar surface area (TPSA) is 80.3 Å². The SMILES string of the molecule is CCC(Oc1cc(C)cc(C)c1)C(=O)Nc1ccccc1C(=O)NCc1cccnc1. The molecule has 0 saturated heterocycles. The third-order valence-corrected chi connectivity index (χ3v) is 4.74. The van der Waals surface area contributed by atoms with Gasteiger partial charge in [0.25, 0.3) is 11.8 Å². The van der Waals surface area contributed by atoms with E-state index in [1.54, 1.807) is 36.7 Å². The molecule has 0 spiro atoms. The largest absolute Gasteiger partial charge is 0.481 e. The normalized spacial score (nSPS) is 11.5. The van der Waals surface area contributed by atoms with Gasteiger partial charge in [0.1, 0.15) is 5.75 Å². The van der Waals surface area contributed by atoms with E-state index in [0.29, 0.717) is 30.0 Å². The van der Waals surface area contributed by atoms with E-state index in [9.17, 15) is 9.59 Å². The van der Waals surface area contributed by atoms with Gasteiger partial charge in [-0.25, -0.2) is 0 Å². The van der Waals surface area contributed by atoms with Gasteiger partial charge in [-0.15, -0.1) is 0 Å². The summed E-state index contributed by atoms with van der Waals surface area (Å²) in [5, 5.41) is 5.72. The van der Waals surface area contributed by atoms with Gasteiger partial charge >= 0.3 is 0 Å². The average molecular weight is 418 g/mol. The summed E-state index contributed by atoms with van der Waals surface area (Å²) in [6.07, 6.45) is 3.20. The third kappa shape index (κ3) is 6.15. The number of aryl methyl sites for hydroxylation is 2. The highest BCUT2D eigenvalue weighted by atomic mass is 16.5. The van der Waals surface area contributed by atoms with Crippen molar-refractivity contribution in [3.63, 3.8) is 0 Å². The molecular formula is C25H27N3O3. The molecule has 160 valence electrons. The standard InChI is InChI=1S/C25H27N3O3/c1-4-23(31-20-13-17(2)12-18(3)14-20)25(30)28-22-10-6-5-9-21(22)24(29)27-16-19-8-7-11-26-15-19/h5-15,23H,4,16H2,1-3H3,(H,27,29)(H,28,30). The van der Waals surface area contributed by atoms with Crippen molar-refractivity contribution in [2.45, 2.75) is 39.8 Å². The summed E-state index contributed by atoms with van der Waals surface area (Å²) in [6.45, 7) is 6.21. The molecule has 0 aliphatic carbocycles. The van der Waals surface area contributed by atoms with Crippen molar-refractivity contribution in [2.75, 3.05) is 5.32 Å². The summed E-state index contributed by atoms with van der Waals surface area (Å²) >= 11 is 0. The molecule has 0 saturated carbocycles. The number of para-hydroxylation sites is 1. The minimum Gasteiger partial charge on any atom is -0.481 e. The van der Waals surface area contributed by atoms with E-state index in [1.807, 2.05) is 51.1 Å². The van der Waals surface area contributed by atoms with E-state index in [0.717, 1.165) is 16.7 Å². The van der Waals surface area contributed by atoms with Crippen molar-refractivity contribution in [1.82, 2.24) is 10.3 Å². The Morgan fingerprint density at radius 2 is 1.77 bits per heavy atom. The Morgan fingerprint density at radius 1 is 1.03 bits per heavy atom. The summed E-state index contributed by atoms with van der Waals surface area (Å²) in [5.74, 6) is 0.0826. The fourth-order valence-corrected chi connectivity index (χ4v) is 3.27. The Balaban J connectivity index is 1.69. The molecule has 6 heteroatoms. The molecule has 31 heavy (non-hydrogen) atoms. The van der Waals surface area contributed by atoms with Gasteiger partial charge in [-0.2, -0.15) is 0 Å². The van der Waals surface area contributed by atoms with Crippen molar-refractivity contribution in [3.8, 4) is 5.75 Å². The third-order valence-electron chi connectivity index (χ3n) is 4.74. The summed E-state index contributed by atoms with van der Waals surface area (Å²) in [4.78, 5) is 29.7. The molecule has 1 aromatic heterocycles. The molecule has 0 radical (unpaired) electrons. The smallest absolute Gasteiger partial charge is 0.265 e. The highest BCUT2D eigenvalue weighted by Gasteiger charge is 2.21. The van der Waals surface area contributed by atoms with Crippen molar-refractivity contribution < 1.29 is 14.3 Å². The number of aromatic nitrogens is 1. The fourth-order valence-electron chi connectivity index (χ4n) is 3.27. The van der Waals surface area contributed by atoms with Crippen LogP contribution in [-0.4, -0.2) is 22.9 Å². The second-order valence-electron chi connectivity index (χ2n) is 7.42. The zero-order valence-corrected chi connectivity index (χ0v) is 18.0. The molecule has 0 aliphatic heterocycles. The van der Waals surface area contributed by atoms with E-state index >= 15 is 0 Å². The molecule has 1 unspecified atom stereocenters. The predicted molar refractivity (Wildman–Crippen MR) is 121 cm³/mol. The molecular weight excluding hydrogens is 390 g/mol. The zero-order valence-electron chi connectivity index (χ0n) is 18.0. The molecule has 6 nitrogen and oxygen atoms in total. The number of nitrogens with one attached hydrogen (secondary N) is 2. The second-order valence-corrected chi connectivity index (χ2v) is 7.42. The van der Waals surface area contributed by atoms with Gasteiger partial charge in [0.2, 0.25) is 0 Å². The lowest BCUT2D eigenvalue weighted by atomic mass is 10.1. The van der Waals surface area contributed by atoms with Crippen LogP contribution in [0.5, 0.6) is 5.75 Å². The van der Waals surface area contributed by atoms with Gasteiger partial charge < -0.3 is 15.4 Å². The zero-order chi connectivity index (χ0) is 22.2. The number of hydrogen-bond acceptors (Lipinski definition) is 4. The number of ether oxygens (including phenoxy) is 1. The predicted octanol–water partition coefficient (Wildman–Crippen LogP) is 4.42. The van der Waals surface area contributed by atoms with Crippen LogP contribution in [0.2, 0.25) is 0 Å². The van der Waals surface area contributed by atoms with Crippen molar-refractivity contribution in [1.29, 1.82) is 0 Å². The van der Waals surface area contributed by atoms with Crippen LogP contribution in [0, 0.1) is 13.8 Å². The number of hydrogen-bond donors (Lipinski definition) is 2. The molecule has 1 heterocycles. The number of anilines is 1. The highest BCUT2D eigenvalue weighted by Crippen LogP contribution is 2.20. The first-order chi connectivity index (χ1) is 15.0. The van der Waals surface area contributed by atoms with Crippen LogP contribution < -0.4 is 15.4 Å². The van der Waals surface area contributed by atoms with Crippen molar-refractivity contribution in [3.05, 3.63) is 89.2 Å². The lowest BCUT2D eigenvalue weighted by molar-refractivity contribution is -0.122. The Labute approximate surface area is 182 Å². The summed E-state index contributed by atoms with van der Waals surface area (Å²) in [7, 11) is 0. The van der Waals surface area contributed by atoms with E-state index in [2.05, 4.69) is 15.6 Å². The first-order valence-corrected chi connectivity index (χ1v) is 10.3.